The molecule has 0 aliphatic heterocycles. The van der Waals surface area contributed by atoms with E-state index in [0.29, 0.717) is 12.3 Å². The topological polar surface area (TPSA) is 35.5 Å². The number of nitrogens with zero attached hydrogens (tertiary/aromatic N) is 1. The van der Waals surface area contributed by atoms with E-state index in [4.69, 9.17) is 0 Å². The standard InChI is InChI=1S/C18H24N2O/c1-3-20(4-2)14-16-10-5-7-11-17(16)19-13-15-9-6-8-12-18(15)21/h5-12,19,21H,3-4,13-14H2,1-2H3. The number of rotatable bonds is 7. The minimum absolute atomic E-state index is 0.339. The summed E-state index contributed by atoms with van der Waals surface area (Å²) in [5.74, 6) is 0.339. The molecule has 0 radical (unpaired) electrons. The number of hydrogen-bond acceptors (Lipinski definition) is 3. The third-order valence-electron chi connectivity index (χ3n) is 3.77. The minimum Gasteiger partial charge on any atom is -0.508 e. The van der Waals surface area contributed by atoms with E-state index in [9.17, 15) is 5.11 Å². The van der Waals surface area contributed by atoms with E-state index >= 15 is 0 Å². The minimum atomic E-state index is 0.339. The lowest BCUT2D eigenvalue weighted by Gasteiger charge is -2.20. The van der Waals surface area contributed by atoms with Gasteiger partial charge in [0.1, 0.15) is 5.75 Å². The molecule has 112 valence electrons. The van der Waals surface area contributed by atoms with Gasteiger partial charge in [0.2, 0.25) is 0 Å². The largest absolute Gasteiger partial charge is 0.508 e. The lowest BCUT2D eigenvalue weighted by Crippen LogP contribution is -2.22. The van der Waals surface area contributed by atoms with Gasteiger partial charge in [-0.25, -0.2) is 0 Å². The van der Waals surface area contributed by atoms with Crippen molar-refractivity contribution in [1.29, 1.82) is 0 Å². The summed E-state index contributed by atoms with van der Waals surface area (Å²) in [5.41, 5.74) is 3.33. The fraction of sp³-hybridized carbons (Fsp3) is 0.333. The molecule has 2 aromatic carbocycles. The Bertz CT molecular complexity index is 565. The van der Waals surface area contributed by atoms with E-state index in [0.717, 1.165) is 30.9 Å². The number of aromatic hydroxyl groups is 1. The van der Waals surface area contributed by atoms with E-state index in [-0.39, 0.29) is 0 Å². The van der Waals surface area contributed by atoms with Crippen molar-refractivity contribution >= 4 is 5.69 Å². The Labute approximate surface area is 127 Å². The highest BCUT2D eigenvalue weighted by Gasteiger charge is 2.06. The first kappa shape index (κ1) is 15.4. The summed E-state index contributed by atoms with van der Waals surface area (Å²) < 4.78 is 0. The summed E-state index contributed by atoms with van der Waals surface area (Å²) in [7, 11) is 0. The number of anilines is 1. The van der Waals surface area contributed by atoms with Crippen molar-refractivity contribution < 1.29 is 5.11 Å². The number of nitrogens with one attached hydrogen (secondary N) is 1. The van der Waals surface area contributed by atoms with E-state index in [1.54, 1.807) is 6.07 Å². The van der Waals surface area contributed by atoms with Gasteiger partial charge < -0.3 is 10.4 Å². The summed E-state index contributed by atoms with van der Waals surface area (Å²) in [4.78, 5) is 2.39. The SMILES string of the molecule is CCN(CC)Cc1ccccc1NCc1ccccc1O. The molecule has 0 amide bonds. The molecule has 0 aromatic heterocycles. The number of phenols is 1. The van der Waals surface area contributed by atoms with Crippen LogP contribution in [0.2, 0.25) is 0 Å². The molecule has 0 fully saturated rings. The molecule has 0 aliphatic carbocycles. The van der Waals surface area contributed by atoms with Crippen molar-refractivity contribution in [2.45, 2.75) is 26.9 Å². The summed E-state index contributed by atoms with van der Waals surface area (Å²) in [5, 5.41) is 13.3. The van der Waals surface area contributed by atoms with Gasteiger partial charge in [-0.2, -0.15) is 0 Å². The quantitative estimate of drug-likeness (QED) is 0.810. The van der Waals surface area contributed by atoms with Crippen molar-refractivity contribution in [2.24, 2.45) is 0 Å². The molecule has 0 atom stereocenters. The van der Waals surface area contributed by atoms with Crippen molar-refractivity contribution in [3.8, 4) is 5.75 Å². The van der Waals surface area contributed by atoms with E-state index in [1.807, 2.05) is 24.3 Å². The molecule has 0 aliphatic rings. The van der Waals surface area contributed by atoms with Crippen LogP contribution in [0.5, 0.6) is 5.75 Å². The van der Waals surface area contributed by atoms with Gasteiger partial charge in [-0.1, -0.05) is 50.2 Å². The molecule has 0 saturated carbocycles. The highest BCUT2D eigenvalue weighted by molar-refractivity contribution is 5.52. The average molecular weight is 284 g/mol. The molecule has 0 unspecified atom stereocenters. The zero-order valence-electron chi connectivity index (χ0n) is 12.8. The van der Waals surface area contributed by atoms with E-state index in [2.05, 4.69) is 42.3 Å². The molecular formula is C18H24N2O. The summed E-state index contributed by atoms with van der Waals surface area (Å²) in [6, 6.07) is 15.8. The van der Waals surface area contributed by atoms with Crippen LogP contribution in [-0.4, -0.2) is 23.1 Å². The fourth-order valence-corrected chi connectivity index (χ4v) is 2.37. The maximum absolute atomic E-state index is 9.83. The average Bonchev–Trinajstić information content (AvgIpc) is 2.53. The molecular weight excluding hydrogens is 260 g/mol. The molecule has 2 aromatic rings. The van der Waals surface area contributed by atoms with Crippen LogP contribution < -0.4 is 5.32 Å². The van der Waals surface area contributed by atoms with Gasteiger partial charge in [-0.05, 0) is 30.8 Å². The Morgan fingerprint density at radius 1 is 0.905 bits per heavy atom. The van der Waals surface area contributed by atoms with Gasteiger partial charge in [0.05, 0.1) is 0 Å². The Morgan fingerprint density at radius 3 is 2.19 bits per heavy atom. The van der Waals surface area contributed by atoms with Crippen LogP contribution in [0.25, 0.3) is 0 Å². The lowest BCUT2D eigenvalue weighted by molar-refractivity contribution is 0.296. The third kappa shape index (κ3) is 4.23. The van der Waals surface area contributed by atoms with Crippen LogP contribution in [0, 0.1) is 0 Å². The maximum Gasteiger partial charge on any atom is 0.120 e. The molecule has 0 saturated heterocycles. The molecule has 21 heavy (non-hydrogen) atoms. The van der Waals surface area contributed by atoms with Crippen molar-refractivity contribution in [3.63, 3.8) is 0 Å². The smallest absolute Gasteiger partial charge is 0.120 e. The number of benzene rings is 2. The summed E-state index contributed by atoms with van der Waals surface area (Å²) in [6.07, 6.45) is 0. The van der Waals surface area contributed by atoms with E-state index < -0.39 is 0 Å². The number of phenolic OH excluding ortho intramolecular Hbond substituents is 1. The van der Waals surface area contributed by atoms with Crippen LogP contribution in [-0.2, 0) is 13.1 Å². The lowest BCUT2D eigenvalue weighted by atomic mass is 10.1. The van der Waals surface area contributed by atoms with Gasteiger partial charge in [0.25, 0.3) is 0 Å². The van der Waals surface area contributed by atoms with Gasteiger partial charge in [0, 0.05) is 24.3 Å². The Morgan fingerprint density at radius 2 is 1.52 bits per heavy atom. The molecule has 2 rings (SSSR count). The molecule has 3 heteroatoms. The van der Waals surface area contributed by atoms with Crippen molar-refractivity contribution in [2.75, 3.05) is 18.4 Å². The third-order valence-corrected chi connectivity index (χ3v) is 3.77. The van der Waals surface area contributed by atoms with Crippen LogP contribution in [0.3, 0.4) is 0 Å². The zero-order chi connectivity index (χ0) is 15.1. The van der Waals surface area contributed by atoms with Gasteiger partial charge in [-0.3, -0.25) is 4.90 Å². The molecule has 0 spiro atoms. The van der Waals surface area contributed by atoms with Gasteiger partial charge in [0.15, 0.2) is 0 Å². The predicted molar refractivity (Wildman–Crippen MR) is 88.5 cm³/mol. The van der Waals surface area contributed by atoms with Crippen LogP contribution in [0.4, 0.5) is 5.69 Å². The molecule has 2 N–H and O–H groups in total. The summed E-state index contributed by atoms with van der Waals surface area (Å²) >= 11 is 0. The predicted octanol–water partition coefficient (Wildman–Crippen LogP) is 3.85. The number of para-hydroxylation sites is 2. The molecule has 0 bridgehead atoms. The van der Waals surface area contributed by atoms with Gasteiger partial charge >= 0.3 is 0 Å². The highest BCUT2D eigenvalue weighted by atomic mass is 16.3. The zero-order valence-corrected chi connectivity index (χ0v) is 12.8. The fourth-order valence-electron chi connectivity index (χ4n) is 2.37. The first-order valence-electron chi connectivity index (χ1n) is 7.55. The van der Waals surface area contributed by atoms with Crippen molar-refractivity contribution in [1.82, 2.24) is 4.90 Å². The number of hydrogen-bond donors (Lipinski definition) is 2. The summed E-state index contributed by atoms with van der Waals surface area (Å²) in [6.45, 7) is 8.02. The Balaban J connectivity index is 2.08. The normalized spacial score (nSPS) is 10.8. The molecule has 3 nitrogen and oxygen atoms in total. The highest BCUT2D eigenvalue weighted by Crippen LogP contribution is 2.21. The second-order valence-corrected chi connectivity index (χ2v) is 5.10. The second-order valence-electron chi connectivity index (χ2n) is 5.10. The maximum atomic E-state index is 9.83. The Kier molecular flexibility index (Phi) is 5.64. The first-order chi connectivity index (χ1) is 10.2. The monoisotopic (exact) mass is 284 g/mol. The Hall–Kier alpha value is -2.00. The van der Waals surface area contributed by atoms with Crippen LogP contribution >= 0.6 is 0 Å². The van der Waals surface area contributed by atoms with E-state index in [1.165, 1.54) is 5.56 Å². The van der Waals surface area contributed by atoms with Crippen LogP contribution in [0.1, 0.15) is 25.0 Å². The first-order valence-corrected chi connectivity index (χ1v) is 7.55. The molecule has 0 heterocycles. The van der Waals surface area contributed by atoms with Crippen LogP contribution in [0.15, 0.2) is 48.5 Å². The van der Waals surface area contributed by atoms with Gasteiger partial charge in [-0.15, -0.1) is 0 Å². The second kappa shape index (κ2) is 7.70. The van der Waals surface area contributed by atoms with Crippen molar-refractivity contribution in [3.05, 3.63) is 59.7 Å².